The molecule has 1 atom stereocenters. The Kier molecular flexibility index (Phi) is 5.10. The van der Waals surface area contributed by atoms with Crippen LogP contribution in [0.1, 0.15) is 24.2 Å². The number of aliphatic hydroxyl groups is 1. The zero-order chi connectivity index (χ0) is 13.9. The molecule has 18 heavy (non-hydrogen) atoms. The molecule has 1 aromatic carbocycles. The first-order valence-corrected chi connectivity index (χ1v) is 6.10. The molecule has 0 aliphatic rings. The number of methoxy groups -OCH3 is 1. The van der Waals surface area contributed by atoms with E-state index < -0.39 is 17.9 Å². The van der Waals surface area contributed by atoms with Crippen molar-refractivity contribution in [2.45, 2.75) is 20.0 Å². The van der Waals surface area contributed by atoms with E-state index in [-0.39, 0.29) is 22.4 Å². The lowest BCUT2D eigenvalue weighted by Crippen LogP contribution is -2.17. The molecule has 0 saturated carbocycles. The summed E-state index contributed by atoms with van der Waals surface area (Å²) in [5.41, 5.74) is 0.519. The fourth-order valence-electron chi connectivity index (χ4n) is 1.61. The highest BCUT2D eigenvalue weighted by molar-refractivity contribution is 9.10. The maximum Gasteiger partial charge on any atom is 0.339 e. The van der Waals surface area contributed by atoms with Crippen LogP contribution >= 0.6 is 15.9 Å². The lowest BCUT2D eigenvalue weighted by molar-refractivity contribution is -0.153. The van der Waals surface area contributed by atoms with Gasteiger partial charge >= 0.3 is 5.97 Å². The number of aliphatic hydroxyl groups excluding tert-OH is 1. The molecule has 0 fully saturated rings. The highest BCUT2D eigenvalue weighted by Gasteiger charge is 2.28. The molecule has 0 spiro atoms. The molecular formula is C12H14BrFO4. The van der Waals surface area contributed by atoms with Gasteiger partial charge in [-0.05, 0) is 41.4 Å². The number of hydrogen-bond donors (Lipinski definition) is 1. The number of esters is 1. The molecule has 0 aromatic heterocycles. The molecule has 0 heterocycles. The molecule has 0 saturated heterocycles. The minimum atomic E-state index is -1.59. The highest BCUT2D eigenvalue weighted by Crippen LogP contribution is 2.37. The monoisotopic (exact) mass is 320 g/mol. The van der Waals surface area contributed by atoms with Gasteiger partial charge in [0.25, 0.3) is 0 Å². The second kappa shape index (κ2) is 6.15. The summed E-state index contributed by atoms with van der Waals surface area (Å²) in [6.07, 6.45) is -1.59. The number of ether oxygens (including phenoxy) is 2. The zero-order valence-corrected chi connectivity index (χ0v) is 11.9. The van der Waals surface area contributed by atoms with Crippen molar-refractivity contribution in [2.24, 2.45) is 0 Å². The van der Waals surface area contributed by atoms with Gasteiger partial charge in [0.1, 0.15) is 11.6 Å². The van der Waals surface area contributed by atoms with Crippen molar-refractivity contribution in [1.29, 1.82) is 0 Å². The predicted molar refractivity (Wildman–Crippen MR) is 67.0 cm³/mol. The number of carbonyl (C=O) groups is 1. The Morgan fingerprint density at radius 3 is 2.72 bits per heavy atom. The molecule has 0 aliphatic heterocycles. The molecule has 1 unspecified atom stereocenters. The summed E-state index contributed by atoms with van der Waals surface area (Å²) in [5, 5.41) is 9.91. The maximum absolute atomic E-state index is 13.6. The summed E-state index contributed by atoms with van der Waals surface area (Å²) in [4.78, 5) is 11.5. The Bertz CT molecular complexity index is 462. The Balaban J connectivity index is 3.33. The third-order valence-electron chi connectivity index (χ3n) is 2.38. The van der Waals surface area contributed by atoms with Gasteiger partial charge in [0, 0.05) is 0 Å². The average molecular weight is 321 g/mol. The van der Waals surface area contributed by atoms with Gasteiger partial charge < -0.3 is 14.6 Å². The van der Waals surface area contributed by atoms with Crippen molar-refractivity contribution < 1.29 is 23.8 Å². The number of rotatable bonds is 4. The number of benzene rings is 1. The third kappa shape index (κ3) is 2.81. The standard InChI is InChI=1S/C12H14BrFO4/c1-4-18-12(16)10(15)8-9(13)7(14)5-6(2)11(8)17-3/h5,10,15H,4H2,1-3H3. The van der Waals surface area contributed by atoms with Crippen LogP contribution in [0.3, 0.4) is 0 Å². The number of carbonyl (C=O) groups excluding carboxylic acids is 1. The molecule has 1 rings (SSSR count). The van der Waals surface area contributed by atoms with Gasteiger partial charge in [-0.25, -0.2) is 9.18 Å². The van der Waals surface area contributed by atoms with Crippen molar-refractivity contribution in [3.8, 4) is 5.75 Å². The topological polar surface area (TPSA) is 55.8 Å². The van der Waals surface area contributed by atoms with Crippen LogP contribution in [0.2, 0.25) is 0 Å². The number of aryl methyl sites for hydroxylation is 1. The normalized spacial score (nSPS) is 12.1. The molecule has 6 heteroatoms. The van der Waals surface area contributed by atoms with Crippen LogP contribution in [-0.4, -0.2) is 24.8 Å². The smallest absolute Gasteiger partial charge is 0.339 e. The van der Waals surface area contributed by atoms with Crippen molar-refractivity contribution >= 4 is 21.9 Å². The van der Waals surface area contributed by atoms with Gasteiger partial charge in [-0.15, -0.1) is 0 Å². The van der Waals surface area contributed by atoms with E-state index >= 15 is 0 Å². The van der Waals surface area contributed by atoms with E-state index in [9.17, 15) is 14.3 Å². The summed E-state index contributed by atoms with van der Waals surface area (Å²) < 4.78 is 23.4. The summed E-state index contributed by atoms with van der Waals surface area (Å²) in [7, 11) is 1.38. The molecule has 0 bridgehead atoms. The second-order valence-corrected chi connectivity index (χ2v) is 4.38. The van der Waals surface area contributed by atoms with Crippen LogP contribution in [-0.2, 0) is 9.53 Å². The Hall–Kier alpha value is -1.14. The van der Waals surface area contributed by atoms with E-state index in [0.717, 1.165) is 0 Å². The second-order valence-electron chi connectivity index (χ2n) is 3.59. The molecule has 1 N–H and O–H groups in total. The van der Waals surface area contributed by atoms with Crippen LogP contribution in [0.15, 0.2) is 10.5 Å². The molecule has 1 aromatic rings. The summed E-state index contributed by atoms with van der Waals surface area (Å²) in [6.45, 7) is 3.37. The number of hydrogen-bond acceptors (Lipinski definition) is 4. The van der Waals surface area contributed by atoms with Crippen molar-refractivity contribution in [3.63, 3.8) is 0 Å². The molecule has 0 amide bonds. The Morgan fingerprint density at radius 1 is 1.61 bits per heavy atom. The van der Waals surface area contributed by atoms with Crippen LogP contribution in [0.25, 0.3) is 0 Å². The van der Waals surface area contributed by atoms with Gasteiger partial charge in [-0.2, -0.15) is 0 Å². The van der Waals surface area contributed by atoms with E-state index in [4.69, 9.17) is 9.47 Å². The van der Waals surface area contributed by atoms with Crippen molar-refractivity contribution in [2.75, 3.05) is 13.7 Å². The molecular weight excluding hydrogens is 307 g/mol. The predicted octanol–water partition coefficient (Wildman–Crippen LogP) is 2.50. The lowest BCUT2D eigenvalue weighted by Gasteiger charge is -2.17. The molecule has 100 valence electrons. The third-order valence-corrected chi connectivity index (χ3v) is 3.19. The Morgan fingerprint density at radius 2 is 2.22 bits per heavy atom. The molecule has 4 nitrogen and oxygen atoms in total. The highest BCUT2D eigenvalue weighted by atomic mass is 79.9. The van der Waals surface area contributed by atoms with E-state index in [1.807, 2.05) is 0 Å². The Labute approximate surface area is 113 Å². The fourth-order valence-corrected chi connectivity index (χ4v) is 2.13. The zero-order valence-electron chi connectivity index (χ0n) is 10.3. The minimum Gasteiger partial charge on any atom is -0.496 e. The minimum absolute atomic E-state index is 0.00879. The average Bonchev–Trinajstić information content (AvgIpc) is 2.32. The van der Waals surface area contributed by atoms with Crippen LogP contribution in [0, 0.1) is 12.7 Å². The van der Waals surface area contributed by atoms with Crippen LogP contribution in [0.4, 0.5) is 4.39 Å². The van der Waals surface area contributed by atoms with Gasteiger partial charge in [0.2, 0.25) is 0 Å². The fraction of sp³-hybridized carbons (Fsp3) is 0.417. The SMILES string of the molecule is CCOC(=O)C(O)c1c(Br)c(F)cc(C)c1OC. The summed E-state index contributed by atoms with van der Waals surface area (Å²) >= 11 is 3.00. The van der Waals surface area contributed by atoms with Crippen molar-refractivity contribution in [1.82, 2.24) is 0 Å². The van der Waals surface area contributed by atoms with E-state index in [1.165, 1.54) is 13.2 Å². The van der Waals surface area contributed by atoms with Gasteiger partial charge in [0.05, 0.1) is 23.8 Å². The first-order chi connectivity index (χ1) is 8.43. The molecule has 0 aliphatic carbocycles. The largest absolute Gasteiger partial charge is 0.496 e. The van der Waals surface area contributed by atoms with Gasteiger partial charge in [0.15, 0.2) is 6.10 Å². The molecule has 0 radical (unpaired) electrons. The lowest BCUT2D eigenvalue weighted by atomic mass is 10.0. The van der Waals surface area contributed by atoms with Crippen LogP contribution < -0.4 is 4.74 Å². The maximum atomic E-state index is 13.6. The van der Waals surface area contributed by atoms with Crippen molar-refractivity contribution in [3.05, 3.63) is 27.5 Å². The quantitative estimate of drug-likeness (QED) is 0.866. The van der Waals surface area contributed by atoms with E-state index in [0.29, 0.717) is 5.56 Å². The van der Waals surface area contributed by atoms with E-state index in [2.05, 4.69) is 15.9 Å². The summed E-state index contributed by atoms with van der Waals surface area (Å²) in [5.74, 6) is -1.17. The van der Waals surface area contributed by atoms with Crippen LogP contribution in [0.5, 0.6) is 5.75 Å². The first kappa shape index (κ1) is 14.9. The van der Waals surface area contributed by atoms with Gasteiger partial charge in [-0.3, -0.25) is 0 Å². The number of halogens is 2. The van der Waals surface area contributed by atoms with Gasteiger partial charge in [-0.1, -0.05) is 0 Å². The van der Waals surface area contributed by atoms with E-state index in [1.54, 1.807) is 13.8 Å². The summed E-state index contributed by atoms with van der Waals surface area (Å²) in [6, 6.07) is 1.25. The first-order valence-electron chi connectivity index (χ1n) is 5.31.